The maximum Gasteiger partial charge on any atom is 0.315 e. The van der Waals surface area contributed by atoms with Crippen LogP contribution in [0.2, 0.25) is 0 Å². The fraction of sp³-hybridized carbons (Fsp3) is 0. The van der Waals surface area contributed by atoms with E-state index in [9.17, 15) is 19.7 Å². The average Bonchev–Trinajstić information content (AvgIpc) is 3.08. The molecule has 0 spiro atoms. The number of non-ortho nitro benzene ring substituents is 1. The molecule has 0 fully saturated rings. The SMILES string of the molecule is O=C(C=Cc1ccccc1Oc1ccccc1)n1c(=O)sc2cc([N+](=O)[O-])ccc21. The molecule has 1 aromatic heterocycles. The maximum atomic E-state index is 12.7. The molecule has 0 atom stereocenters. The van der Waals surface area contributed by atoms with Crippen molar-refractivity contribution < 1.29 is 14.5 Å². The number of aromatic nitrogens is 1. The molecule has 0 aliphatic carbocycles. The summed E-state index contributed by atoms with van der Waals surface area (Å²) < 4.78 is 7.25. The van der Waals surface area contributed by atoms with Gasteiger partial charge in [-0.2, -0.15) is 0 Å². The van der Waals surface area contributed by atoms with Gasteiger partial charge in [0.05, 0.1) is 15.1 Å². The molecule has 7 nitrogen and oxygen atoms in total. The number of rotatable bonds is 5. The minimum Gasteiger partial charge on any atom is -0.457 e. The Morgan fingerprint density at radius 1 is 1.03 bits per heavy atom. The third kappa shape index (κ3) is 3.89. The summed E-state index contributed by atoms with van der Waals surface area (Å²) in [6.45, 7) is 0. The predicted octanol–water partition coefficient (Wildman–Crippen LogP) is 5.12. The summed E-state index contributed by atoms with van der Waals surface area (Å²) in [4.78, 5) is 34.9. The van der Waals surface area contributed by atoms with Crippen LogP contribution in [0.1, 0.15) is 10.4 Å². The first-order valence-corrected chi connectivity index (χ1v) is 9.69. The van der Waals surface area contributed by atoms with Gasteiger partial charge < -0.3 is 4.74 Å². The number of nitro groups is 1. The zero-order valence-electron chi connectivity index (χ0n) is 15.4. The van der Waals surface area contributed by atoms with E-state index in [2.05, 4.69) is 0 Å². The summed E-state index contributed by atoms with van der Waals surface area (Å²) >= 11 is 0.789. The number of fused-ring (bicyclic) bond motifs is 1. The molecule has 0 amide bonds. The van der Waals surface area contributed by atoms with Crippen LogP contribution >= 0.6 is 11.3 Å². The normalized spacial score (nSPS) is 11.1. The number of carbonyl (C=O) groups excluding carboxylic acids is 1. The highest BCUT2D eigenvalue weighted by atomic mass is 32.1. The second-order valence-electron chi connectivity index (χ2n) is 6.24. The first kappa shape index (κ1) is 19.3. The molecule has 4 rings (SSSR count). The molecule has 0 unspecified atom stereocenters. The van der Waals surface area contributed by atoms with Crippen molar-refractivity contribution in [3.05, 3.63) is 104 Å². The number of nitro benzene ring substituents is 1. The third-order valence-electron chi connectivity index (χ3n) is 4.29. The molecule has 0 saturated heterocycles. The van der Waals surface area contributed by atoms with Crippen molar-refractivity contribution >= 4 is 39.2 Å². The summed E-state index contributed by atoms with van der Waals surface area (Å²) in [6.07, 6.45) is 2.85. The summed E-state index contributed by atoms with van der Waals surface area (Å²) in [5.41, 5.74) is 0.864. The molecule has 0 aliphatic rings. The van der Waals surface area contributed by atoms with E-state index in [1.54, 1.807) is 18.2 Å². The van der Waals surface area contributed by atoms with Gasteiger partial charge in [0.1, 0.15) is 11.5 Å². The number of allylic oxidation sites excluding steroid dienone is 1. The van der Waals surface area contributed by atoms with Gasteiger partial charge in [0, 0.05) is 23.8 Å². The standard InChI is InChI=1S/C22H14N2O5S/c25-21(23-18-12-11-16(24(27)28)14-20(18)30-22(23)26)13-10-15-6-4-5-9-19(15)29-17-7-2-1-3-8-17/h1-14H. The summed E-state index contributed by atoms with van der Waals surface area (Å²) in [5.74, 6) is 0.673. The molecule has 0 radical (unpaired) electrons. The molecule has 0 N–H and O–H groups in total. The van der Waals surface area contributed by atoms with E-state index in [1.807, 2.05) is 42.5 Å². The zero-order valence-corrected chi connectivity index (χ0v) is 16.2. The van der Waals surface area contributed by atoms with E-state index < -0.39 is 15.7 Å². The average molecular weight is 418 g/mol. The largest absolute Gasteiger partial charge is 0.457 e. The Labute approximate surface area is 174 Å². The Morgan fingerprint density at radius 2 is 1.77 bits per heavy atom. The van der Waals surface area contributed by atoms with Gasteiger partial charge in [0.15, 0.2) is 0 Å². The highest BCUT2D eigenvalue weighted by Crippen LogP contribution is 2.26. The minimum atomic E-state index is -0.547. The highest BCUT2D eigenvalue weighted by molar-refractivity contribution is 7.16. The molecule has 0 aliphatic heterocycles. The molecule has 30 heavy (non-hydrogen) atoms. The van der Waals surface area contributed by atoms with Crippen LogP contribution in [0.3, 0.4) is 0 Å². The van der Waals surface area contributed by atoms with E-state index >= 15 is 0 Å². The Balaban J connectivity index is 1.64. The van der Waals surface area contributed by atoms with Crippen LogP contribution in [-0.4, -0.2) is 15.4 Å². The number of para-hydroxylation sites is 2. The van der Waals surface area contributed by atoms with Gasteiger partial charge in [-0.3, -0.25) is 19.7 Å². The quantitative estimate of drug-likeness (QED) is 0.255. The predicted molar refractivity (Wildman–Crippen MR) is 115 cm³/mol. The van der Waals surface area contributed by atoms with Gasteiger partial charge in [-0.05, 0) is 30.3 Å². The minimum absolute atomic E-state index is 0.133. The van der Waals surface area contributed by atoms with Crippen molar-refractivity contribution in [2.45, 2.75) is 0 Å². The van der Waals surface area contributed by atoms with Crippen LogP contribution < -0.4 is 9.61 Å². The van der Waals surface area contributed by atoms with Crippen LogP contribution in [0.4, 0.5) is 5.69 Å². The van der Waals surface area contributed by atoms with Gasteiger partial charge in [0.2, 0.25) is 0 Å². The van der Waals surface area contributed by atoms with E-state index in [4.69, 9.17) is 4.74 Å². The van der Waals surface area contributed by atoms with Crippen molar-refractivity contribution in [2.75, 3.05) is 0 Å². The lowest BCUT2D eigenvalue weighted by atomic mass is 10.2. The van der Waals surface area contributed by atoms with Gasteiger partial charge >= 0.3 is 4.87 Å². The van der Waals surface area contributed by atoms with Crippen molar-refractivity contribution in [3.8, 4) is 11.5 Å². The fourth-order valence-electron chi connectivity index (χ4n) is 2.89. The van der Waals surface area contributed by atoms with Crippen LogP contribution in [0.25, 0.3) is 16.3 Å². The van der Waals surface area contributed by atoms with Gasteiger partial charge in [-0.25, -0.2) is 4.57 Å². The second kappa shape index (κ2) is 8.14. The molecular weight excluding hydrogens is 404 g/mol. The second-order valence-corrected chi connectivity index (χ2v) is 7.23. The van der Waals surface area contributed by atoms with Gasteiger partial charge in [-0.15, -0.1) is 0 Å². The van der Waals surface area contributed by atoms with Gasteiger partial charge in [0.25, 0.3) is 11.6 Å². The lowest BCUT2D eigenvalue weighted by Crippen LogP contribution is -2.19. The van der Waals surface area contributed by atoms with E-state index in [0.29, 0.717) is 27.3 Å². The van der Waals surface area contributed by atoms with Gasteiger partial charge in [-0.1, -0.05) is 47.7 Å². The van der Waals surface area contributed by atoms with Crippen LogP contribution in [0, 0.1) is 10.1 Å². The number of ether oxygens (including phenoxy) is 1. The van der Waals surface area contributed by atoms with E-state index in [-0.39, 0.29) is 5.69 Å². The molecule has 0 saturated carbocycles. The van der Waals surface area contributed by atoms with Crippen LogP contribution in [0.15, 0.2) is 83.7 Å². The lowest BCUT2D eigenvalue weighted by Gasteiger charge is -2.08. The number of benzene rings is 3. The summed E-state index contributed by atoms with van der Waals surface area (Å²) in [5, 5.41) is 10.9. The van der Waals surface area contributed by atoms with Crippen LogP contribution in [-0.2, 0) is 0 Å². The number of nitrogens with zero attached hydrogens (tertiary/aromatic N) is 2. The lowest BCUT2D eigenvalue weighted by molar-refractivity contribution is -0.384. The van der Waals surface area contributed by atoms with Crippen LogP contribution in [0.5, 0.6) is 11.5 Å². The Bertz CT molecular complexity index is 1340. The first-order valence-electron chi connectivity index (χ1n) is 8.87. The number of hydrogen-bond acceptors (Lipinski definition) is 6. The number of carbonyl (C=O) groups is 1. The number of hydrogen-bond donors (Lipinski definition) is 0. The Hall–Kier alpha value is -4.04. The molecule has 1 heterocycles. The Morgan fingerprint density at radius 3 is 2.53 bits per heavy atom. The molecular formula is C22H14N2O5S. The van der Waals surface area contributed by atoms with Crippen molar-refractivity contribution in [1.82, 2.24) is 4.57 Å². The molecule has 3 aromatic carbocycles. The topological polar surface area (TPSA) is 91.4 Å². The Kier molecular flexibility index (Phi) is 5.23. The summed E-state index contributed by atoms with van der Waals surface area (Å²) in [7, 11) is 0. The highest BCUT2D eigenvalue weighted by Gasteiger charge is 2.16. The molecule has 148 valence electrons. The van der Waals surface area contributed by atoms with Crippen molar-refractivity contribution in [2.24, 2.45) is 0 Å². The molecule has 4 aromatic rings. The molecule has 0 bridgehead atoms. The van der Waals surface area contributed by atoms with Crippen molar-refractivity contribution in [1.29, 1.82) is 0 Å². The van der Waals surface area contributed by atoms with E-state index in [1.165, 1.54) is 24.3 Å². The third-order valence-corrected chi connectivity index (χ3v) is 5.19. The number of thiazole rings is 1. The molecule has 8 heteroatoms. The summed E-state index contributed by atoms with van der Waals surface area (Å²) in [6, 6.07) is 20.4. The maximum absolute atomic E-state index is 12.7. The fourth-order valence-corrected chi connectivity index (χ4v) is 3.80. The zero-order chi connectivity index (χ0) is 21.1. The first-order chi connectivity index (χ1) is 14.5. The smallest absolute Gasteiger partial charge is 0.315 e. The van der Waals surface area contributed by atoms with E-state index in [0.717, 1.165) is 15.9 Å². The monoisotopic (exact) mass is 418 g/mol. The van der Waals surface area contributed by atoms with Crippen molar-refractivity contribution in [3.63, 3.8) is 0 Å².